The molecule has 0 atom stereocenters. The predicted octanol–water partition coefficient (Wildman–Crippen LogP) is 3.44. The van der Waals surface area contributed by atoms with Gasteiger partial charge in [0.15, 0.2) is 12.4 Å². The molecule has 0 fully saturated rings. The van der Waals surface area contributed by atoms with Gasteiger partial charge in [0.2, 0.25) is 0 Å². The topological polar surface area (TPSA) is 141 Å². The lowest BCUT2D eigenvalue weighted by Gasteiger charge is -2.07. The summed E-state index contributed by atoms with van der Waals surface area (Å²) < 4.78 is 23.5. The van der Waals surface area contributed by atoms with Crippen LogP contribution in [0.15, 0.2) is 53.1 Å². The fourth-order valence-electron chi connectivity index (χ4n) is 2.21. The number of nitro benzene ring substituents is 1. The first-order valence-electron chi connectivity index (χ1n) is 8.19. The van der Waals surface area contributed by atoms with E-state index in [9.17, 15) is 28.9 Å². The number of ether oxygens (including phenoxy) is 1. The van der Waals surface area contributed by atoms with E-state index in [0.29, 0.717) is 5.00 Å². The van der Waals surface area contributed by atoms with Crippen molar-refractivity contribution < 1.29 is 32.9 Å². The molecule has 30 heavy (non-hydrogen) atoms. The van der Waals surface area contributed by atoms with E-state index in [1.54, 1.807) is 6.07 Å². The monoisotopic (exact) mass is 433 g/mol. The molecule has 2 N–H and O–H groups in total. The number of nitro groups is 1. The van der Waals surface area contributed by atoms with E-state index in [4.69, 9.17) is 9.15 Å². The van der Waals surface area contributed by atoms with E-state index in [2.05, 4.69) is 10.6 Å². The normalized spacial score (nSPS) is 10.3. The van der Waals surface area contributed by atoms with Gasteiger partial charge < -0.3 is 19.8 Å². The summed E-state index contributed by atoms with van der Waals surface area (Å²) in [6.45, 7) is -0.743. The summed E-state index contributed by atoms with van der Waals surface area (Å²) in [5, 5.41) is 15.7. The van der Waals surface area contributed by atoms with Crippen LogP contribution >= 0.6 is 11.3 Å². The Morgan fingerprint density at radius 2 is 1.97 bits per heavy atom. The lowest BCUT2D eigenvalue weighted by atomic mass is 10.2. The van der Waals surface area contributed by atoms with E-state index in [0.717, 1.165) is 29.5 Å². The molecule has 2 amide bonds. The van der Waals surface area contributed by atoms with E-state index >= 15 is 0 Å². The van der Waals surface area contributed by atoms with Crippen LogP contribution < -0.4 is 10.6 Å². The Bertz CT molecular complexity index is 1110. The third-order valence-corrected chi connectivity index (χ3v) is 4.54. The number of esters is 1. The van der Waals surface area contributed by atoms with Crippen molar-refractivity contribution in [3.8, 4) is 0 Å². The molecule has 0 saturated heterocycles. The molecule has 3 rings (SSSR count). The Labute approximate surface area is 171 Å². The Kier molecular flexibility index (Phi) is 6.17. The molecule has 0 spiro atoms. The maximum atomic E-state index is 13.7. The first kappa shape index (κ1) is 20.7. The minimum atomic E-state index is -0.884. The molecule has 2 aromatic heterocycles. The first-order chi connectivity index (χ1) is 14.3. The average Bonchev–Trinajstić information content (AvgIpc) is 3.40. The van der Waals surface area contributed by atoms with Crippen molar-refractivity contribution in [2.45, 2.75) is 0 Å². The highest BCUT2D eigenvalue weighted by Gasteiger charge is 2.17. The number of furan rings is 1. The molecule has 12 heteroatoms. The number of nitrogens with one attached hydrogen (secondary N) is 2. The SMILES string of the molecule is O=C(COC(=O)c1ccc(NC(=O)c2ccco2)s1)Nc1cc([N+](=O)[O-])ccc1F. The van der Waals surface area contributed by atoms with Gasteiger partial charge >= 0.3 is 5.97 Å². The number of amides is 2. The number of hydrogen-bond acceptors (Lipinski definition) is 8. The number of rotatable bonds is 7. The van der Waals surface area contributed by atoms with Gasteiger partial charge in [0.1, 0.15) is 10.7 Å². The number of non-ortho nitro benzene ring substituents is 1. The molecule has 10 nitrogen and oxygen atoms in total. The van der Waals surface area contributed by atoms with E-state index < -0.39 is 46.5 Å². The van der Waals surface area contributed by atoms with Crippen molar-refractivity contribution in [2.24, 2.45) is 0 Å². The van der Waals surface area contributed by atoms with Crippen molar-refractivity contribution in [3.05, 3.63) is 75.3 Å². The summed E-state index contributed by atoms with van der Waals surface area (Å²) in [4.78, 5) is 45.9. The quantitative estimate of drug-likeness (QED) is 0.330. The van der Waals surface area contributed by atoms with Gasteiger partial charge in [-0.1, -0.05) is 0 Å². The molecule has 0 aliphatic carbocycles. The smallest absolute Gasteiger partial charge is 0.348 e. The van der Waals surface area contributed by atoms with Crippen LogP contribution in [0.4, 0.5) is 20.8 Å². The minimum Gasteiger partial charge on any atom is -0.459 e. The molecule has 0 radical (unpaired) electrons. The number of thiophene rings is 1. The third-order valence-electron chi connectivity index (χ3n) is 3.56. The minimum absolute atomic E-state index is 0.0950. The molecular weight excluding hydrogens is 421 g/mol. The number of anilines is 2. The van der Waals surface area contributed by atoms with Crippen LogP contribution in [0.5, 0.6) is 0 Å². The van der Waals surface area contributed by atoms with Gasteiger partial charge in [-0.2, -0.15) is 0 Å². The lowest BCUT2D eigenvalue weighted by Crippen LogP contribution is -2.21. The zero-order valence-electron chi connectivity index (χ0n) is 14.9. The largest absolute Gasteiger partial charge is 0.459 e. The maximum absolute atomic E-state index is 13.7. The predicted molar refractivity (Wildman–Crippen MR) is 103 cm³/mol. The van der Waals surface area contributed by atoms with Crippen molar-refractivity contribution in [2.75, 3.05) is 17.2 Å². The van der Waals surface area contributed by atoms with Crippen LogP contribution in [0.2, 0.25) is 0 Å². The molecule has 154 valence electrons. The maximum Gasteiger partial charge on any atom is 0.348 e. The van der Waals surface area contributed by atoms with Crippen LogP contribution in [-0.4, -0.2) is 29.3 Å². The van der Waals surface area contributed by atoms with Crippen LogP contribution in [0.3, 0.4) is 0 Å². The highest BCUT2D eigenvalue weighted by molar-refractivity contribution is 7.18. The standard InChI is InChI=1S/C18H12FN3O7S/c19-11-4-3-10(22(26)27)8-12(11)20-15(23)9-29-18(25)14-5-6-16(30-14)21-17(24)13-2-1-7-28-13/h1-8H,9H2,(H,20,23)(H,21,24). The lowest BCUT2D eigenvalue weighted by molar-refractivity contribution is -0.384. The summed E-state index contributed by atoms with van der Waals surface area (Å²) in [5.74, 6) is -3.01. The Morgan fingerprint density at radius 3 is 2.67 bits per heavy atom. The highest BCUT2D eigenvalue weighted by Crippen LogP contribution is 2.24. The third kappa shape index (κ3) is 5.05. The van der Waals surface area contributed by atoms with Gasteiger partial charge in [-0.3, -0.25) is 19.7 Å². The zero-order valence-corrected chi connectivity index (χ0v) is 15.7. The van der Waals surface area contributed by atoms with Crippen molar-refractivity contribution in [1.29, 1.82) is 0 Å². The number of halogens is 1. The van der Waals surface area contributed by atoms with Gasteiger partial charge in [0.25, 0.3) is 17.5 Å². The Morgan fingerprint density at radius 1 is 1.17 bits per heavy atom. The number of nitrogens with zero attached hydrogens (tertiary/aromatic N) is 1. The van der Waals surface area contributed by atoms with Crippen LogP contribution in [-0.2, 0) is 9.53 Å². The molecule has 3 aromatic rings. The molecule has 0 unspecified atom stereocenters. The Balaban J connectivity index is 1.54. The fourth-order valence-corrected chi connectivity index (χ4v) is 3.00. The number of carbonyl (C=O) groups excluding carboxylic acids is 3. The molecule has 2 heterocycles. The van der Waals surface area contributed by atoms with Gasteiger partial charge in [-0.25, -0.2) is 9.18 Å². The van der Waals surface area contributed by atoms with Gasteiger partial charge in [0, 0.05) is 12.1 Å². The van der Waals surface area contributed by atoms with E-state index in [1.807, 2.05) is 0 Å². The van der Waals surface area contributed by atoms with Crippen LogP contribution in [0.25, 0.3) is 0 Å². The second-order valence-electron chi connectivity index (χ2n) is 5.64. The highest BCUT2D eigenvalue weighted by atomic mass is 32.1. The van der Waals surface area contributed by atoms with Crippen molar-refractivity contribution in [1.82, 2.24) is 0 Å². The second kappa shape index (κ2) is 8.96. The average molecular weight is 433 g/mol. The van der Waals surface area contributed by atoms with Gasteiger partial charge in [-0.15, -0.1) is 11.3 Å². The molecular formula is C18H12FN3O7S. The summed E-state index contributed by atoms with van der Waals surface area (Å²) in [5.41, 5.74) is -0.823. The number of hydrogen-bond donors (Lipinski definition) is 2. The van der Waals surface area contributed by atoms with Crippen molar-refractivity contribution in [3.63, 3.8) is 0 Å². The van der Waals surface area contributed by atoms with E-state index in [1.165, 1.54) is 24.5 Å². The molecule has 0 bridgehead atoms. The molecule has 0 saturated carbocycles. The zero-order chi connectivity index (χ0) is 21.7. The molecule has 0 aliphatic rings. The second-order valence-corrected chi connectivity index (χ2v) is 6.72. The molecule has 0 aliphatic heterocycles. The first-order valence-corrected chi connectivity index (χ1v) is 9.01. The summed E-state index contributed by atoms with van der Waals surface area (Å²) in [6.07, 6.45) is 1.34. The van der Waals surface area contributed by atoms with Gasteiger partial charge in [-0.05, 0) is 30.3 Å². The fraction of sp³-hybridized carbons (Fsp3) is 0.0556. The number of carbonyl (C=O) groups is 3. The Hall–Kier alpha value is -4.06. The summed E-state index contributed by atoms with van der Waals surface area (Å²) in [6, 6.07) is 8.53. The van der Waals surface area contributed by atoms with Gasteiger partial charge in [0.05, 0.1) is 21.9 Å². The van der Waals surface area contributed by atoms with Crippen LogP contribution in [0.1, 0.15) is 20.2 Å². The van der Waals surface area contributed by atoms with Crippen LogP contribution in [0, 0.1) is 15.9 Å². The summed E-state index contributed by atoms with van der Waals surface area (Å²) in [7, 11) is 0. The summed E-state index contributed by atoms with van der Waals surface area (Å²) >= 11 is 0.915. The number of benzene rings is 1. The van der Waals surface area contributed by atoms with E-state index in [-0.39, 0.29) is 10.6 Å². The van der Waals surface area contributed by atoms with Crippen molar-refractivity contribution >= 4 is 45.5 Å². The molecule has 1 aromatic carbocycles.